The van der Waals surface area contributed by atoms with E-state index in [4.69, 9.17) is 9.47 Å². The van der Waals surface area contributed by atoms with Gasteiger partial charge in [0.25, 0.3) is 5.91 Å². The van der Waals surface area contributed by atoms with Crippen molar-refractivity contribution in [3.63, 3.8) is 0 Å². The van der Waals surface area contributed by atoms with Crippen LogP contribution >= 0.6 is 0 Å². The minimum absolute atomic E-state index is 0.0826. The first-order valence-corrected chi connectivity index (χ1v) is 10.5. The zero-order chi connectivity index (χ0) is 20.1. The Kier molecular flexibility index (Phi) is 6.33. The number of carbonyl (C=O) groups excluding carboxylic acids is 1. The molecule has 1 amide bonds. The predicted octanol–water partition coefficient (Wildman–Crippen LogP) is 1.97. The predicted molar refractivity (Wildman–Crippen MR) is 106 cm³/mol. The quantitative estimate of drug-likeness (QED) is 0.680. The summed E-state index contributed by atoms with van der Waals surface area (Å²) >= 11 is 0. The van der Waals surface area contributed by atoms with Gasteiger partial charge < -0.3 is 14.4 Å². The molecule has 0 saturated heterocycles. The van der Waals surface area contributed by atoms with Crippen LogP contribution in [-0.4, -0.2) is 47.2 Å². The first-order valence-electron chi connectivity index (χ1n) is 9.04. The van der Waals surface area contributed by atoms with Crippen molar-refractivity contribution in [3.05, 3.63) is 54.1 Å². The Morgan fingerprint density at radius 1 is 1.18 bits per heavy atom. The molecule has 0 aromatic heterocycles. The number of methoxy groups -OCH3 is 1. The molecule has 1 atom stereocenters. The summed E-state index contributed by atoms with van der Waals surface area (Å²) in [6, 6.07) is 13.9. The summed E-state index contributed by atoms with van der Waals surface area (Å²) in [4.78, 5) is 14.5. The van der Waals surface area contributed by atoms with Crippen LogP contribution in [0.5, 0.6) is 5.75 Å². The van der Waals surface area contributed by atoms with E-state index in [0.29, 0.717) is 12.4 Å². The number of rotatable bonds is 8. The van der Waals surface area contributed by atoms with Crippen LogP contribution in [0.2, 0.25) is 0 Å². The lowest BCUT2D eigenvalue weighted by molar-refractivity contribution is -0.120. The highest BCUT2D eigenvalue weighted by Gasteiger charge is 2.30. The fraction of sp³-hybridized carbons (Fsp3) is 0.350. The van der Waals surface area contributed by atoms with Crippen molar-refractivity contribution >= 4 is 21.6 Å². The van der Waals surface area contributed by atoms with Crippen LogP contribution in [0.15, 0.2) is 53.4 Å². The third kappa shape index (κ3) is 4.52. The average molecular weight is 404 g/mol. The van der Waals surface area contributed by atoms with Gasteiger partial charge in [-0.05, 0) is 49.2 Å². The van der Waals surface area contributed by atoms with Crippen LogP contribution in [0, 0.1) is 0 Å². The number of anilines is 1. The molecule has 2 aromatic rings. The van der Waals surface area contributed by atoms with Gasteiger partial charge >= 0.3 is 0 Å². The highest BCUT2D eigenvalue weighted by Crippen LogP contribution is 2.31. The first-order chi connectivity index (χ1) is 13.4. The van der Waals surface area contributed by atoms with Gasteiger partial charge in [-0.2, -0.15) is 0 Å². The minimum atomic E-state index is -3.60. The molecule has 1 aliphatic rings. The van der Waals surface area contributed by atoms with E-state index in [9.17, 15) is 13.2 Å². The van der Waals surface area contributed by atoms with E-state index in [1.807, 2.05) is 31.2 Å². The smallest absolute Gasteiger partial charge is 0.265 e. The van der Waals surface area contributed by atoms with Gasteiger partial charge in [0.1, 0.15) is 5.75 Å². The van der Waals surface area contributed by atoms with Crippen LogP contribution in [0.1, 0.15) is 12.5 Å². The van der Waals surface area contributed by atoms with E-state index in [0.717, 1.165) is 17.7 Å². The van der Waals surface area contributed by atoms with E-state index in [2.05, 4.69) is 4.72 Å². The molecule has 0 unspecified atom stereocenters. The van der Waals surface area contributed by atoms with Gasteiger partial charge in [-0.25, -0.2) is 13.1 Å². The Labute approximate surface area is 165 Å². The van der Waals surface area contributed by atoms with Crippen molar-refractivity contribution in [1.29, 1.82) is 0 Å². The van der Waals surface area contributed by atoms with Crippen molar-refractivity contribution in [2.24, 2.45) is 0 Å². The van der Waals surface area contributed by atoms with Gasteiger partial charge in [-0.1, -0.05) is 18.2 Å². The molecule has 150 valence electrons. The molecule has 0 bridgehead atoms. The summed E-state index contributed by atoms with van der Waals surface area (Å²) in [7, 11) is -2.09. The van der Waals surface area contributed by atoms with Crippen molar-refractivity contribution in [2.45, 2.75) is 24.3 Å². The number of amides is 1. The SMILES string of the molecule is COCCNS(=O)(=O)c1ccc(OCC(=O)N2c3ccccc3C[C@@H]2C)cc1. The molecule has 0 aliphatic carbocycles. The molecule has 1 aliphatic heterocycles. The molecule has 8 heteroatoms. The van der Waals surface area contributed by atoms with E-state index >= 15 is 0 Å². The summed E-state index contributed by atoms with van der Waals surface area (Å²) in [6.07, 6.45) is 0.824. The molecular formula is C20H24N2O5S. The third-order valence-corrected chi connectivity index (χ3v) is 6.05. The standard InChI is InChI=1S/C20H24N2O5S/c1-15-13-16-5-3-4-6-19(16)22(15)20(23)14-27-17-7-9-18(10-8-17)28(24,25)21-11-12-26-2/h3-10,15,21H,11-14H2,1-2H3/t15-/m0/s1. The van der Waals surface area contributed by atoms with Gasteiger partial charge in [0.15, 0.2) is 6.61 Å². The number of sulfonamides is 1. The van der Waals surface area contributed by atoms with Gasteiger partial charge in [0, 0.05) is 25.4 Å². The van der Waals surface area contributed by atoms with E-state index in [1.165, 1.54) is 19.2 Å². The Hall–Kier alpha value is -2.42. The van der Waals surface area contributed by atoms with E-state index in [-0.39, 0.29) is 30.0 Å². The maximum Gasteiger partial charge on any atom is 0.265 e. The molecule has 2 aromatic carbocycles. The molecule has 28 heavy (non-hydrogen) atoms. The van der Waals surface area contributed by atoms with Crippen molar-refractivity contribution in [2.75, 3.05) is 31.8 Å². The van der Waals surface area contributed by atoms with Gasteiger partial charge in [-0.3, -0.25) is 4.79 Å². The molecule has 0 spiro atoms. The zero-order valence-corrected chi connectivity index (χ0v) is 16.7. The number of hydrogen-bond donors (Lipinski definition) is 1. The summed E-state index contributed by atoms with van der Waals surface area (Å²) in [6.45, 7) is 2.38. The van der Waals surface area contributed by atoms with Crippen LogP contribution in [0.3, 0.4) is 0 Å². The lowest BCUT2D eigenvalue weighted by Crippen LogP contribution is -2.39. The van der Waals surface area contributed by atoms with Crippen LogP contribution in [0.25, 0.3) is 0 Å². The average Bonchev–Trinajstić information content (AvgIpc) is 3.02. The second-order valence-corrected chi connectivity index (χ2v) is 8.36. The van der Waals surface area contributed by atoms with Crippen LogP contribution in [-0.2, 0) is 26.0 Å². The van der Waals surface area contributed by atoms with Crippen molar-refractivity contribution < 1.29 is 22.7 Å². The maximum atomic E-state index is 12.6. The molecular weight excluding hydrogens is 380 g/mol. The summed E-state index contributed by atoms with van der Waals surface area (Å²) in [5.74, 6) is 0.305. The number of ether oxygens (including phenoxy) is 2. The number of fused-ring (bicyclic) bond motifs is 1. The topological polar surface area (TPSA) is 84.9 Å². The highest BCUT2D eigenvalue weighted by atomic mass is 32.2. The number of hydrogen-bond acceptors (Lipinski definition) is 5. The summed E-state index contributed by atoms with van der Waals surface area (Å²) in [5.41, 5.74) is 2.08. The third-order valence-electron chi connectivity index (χ3n) is 4.57. The minimum Gasteiger partial charge on any atom is -0.484 e. The van der Waals surface area contributed by atoms with Gasteiger partial charge in [0.2, 0.25) is 10.0 Å². The normalized spacial score (nSPS) is 16.1. The largest absolute Gasteiger partial charge is 0.484 e. The van der Waals surface area contributed by atoms with E-state index < -0.39 is 10.0 Å². The fourth-order valence-corrected chi connectivity index (χ4v) is 4.25. The number of benzene rings is 2. The molecule has 0 radical (unpaired) electrons. The second-order valence-electron chi connectivity index (χ2n) is 6.60. The lowest BCUT2D eigenvalue weighted by atomic mass is 10.1. The molecule has 0 saturated carbocycles. The first kappa shape index (κ1) is 20.3. The molecule has 1 N–H and O–H groups in total. The highest BCUT2D eigenvalue weighted by molar-refractivity contribution is 7.89. The number of nitrogens with one attached hydrogen (secondary N) is 1. The Morgan fingerprint density at radius 2 is 1.89 bits per heavy atom. The number of carbonyl (C=O) groups is 1. The van der Waals surface area contributed by atoms with E-state index in [1.54, 1.807) is 17.0 Å². The Morgan fingerprint density at radius 3 is 2.61 bits per heavy atom. The summed E-state index contributed by atoms with van der Waals surface area (Å²) < 4.78 is 37.1. The maximum absolute atomic E-state index is 12.6. The fourth-order valence-electron chi connectivity index (χ4n) is 3.24. The molecule has 0 fully saturated rings. The zero-order valence-electron chi connectivity index (χ0n) is 15.9. The van der Waals surface area contributed by atoms with Crippen molar-refractivity contribution in [3.8, 4) is 5.75 Å². The monoisotopic (exact) mass is 404 g/mol. The van der Waals surface area contributed by atoms with Gasteiger partial charge in [-0.15, -0.1) is 0 Å². The Balaban J connectivity index is 1.60. The Bertz CT molecular complexity index is 928. The van der Waals surface area contributed by atoms with Gasteiger partial charge in [0.05, 0.1) is 11.5 Å². The molecule has 7 nitrogen and oxygen atoms in total. The van der Waals surface area contributed by atoms with Crippen LogP contribution in [0.4, 0.5) is 5.69 Å². The van der Waals surface area contributed by atoms with Crippen molar-refractivity contribution in [1.82, 2.24) is 4.72 Å². The second kappa shape index (κ2) is 8.72. The summed E-state index contributed by atoms with van der Waals surface area (Å²) in [5, 5.41) is 0. The molecule has 3 rings (SSSR count). The number of para-hydroxylation sites is 1. The van der Waals surface area contributed by atoms with Crippen LogP contribution < -0.4 is 14.4 Å². The number of nitrogens with zero attached hydrogens (tertiary/aromatic N) is 1. The molecule has 1 heterocycles. The lowest BCUT2D eigenvalue weighted by Gasteiger charge is -2.22.